The van der Waals surface area contributed by atoms with Crippen LogP contribution in [-0.2, 0) is 6.18 Å². The first kappa shape index (κ1) is 19.4. The molecule has 1 aliphatic heterocycles. The van der Waals surface area contributed by atoms with Gasteiger partial charge in [0.05, 0.1) is 24.4 Å². The number of likely N-dealkylation sites (tertiary alicyclic amines) is 1. The number of ether oxygens (including phenoxy) is 1. The van der Waals surface area contributed by atoms with E-state index in [1.807, 2.05) is 18.0 Å². The zero-order chi connectivity index (χ0) is 20.6. The molecule has 29 heavy (non-hydrogen) atoms. The van der Waals surface area contributed by atoms with Crippen LogP contribution in [0.25, 0.3) is 11.3 Å². The van der Waals surface area contributed by atoms with Gasteiger partial charge in [-0.1, -0.05) is 18.2 Å². The summed E-state index contributed by atoms with van der Waals surface area (Å²) in [6.07, 6.45) is 0.621. The molecule has 1 aromatic carbocycles. The summed E-state index contributed by atoms with van der Waals surface area (Å²) in [4.78, 5) is 10.2. The first-order valence-electron chi connectivity index (χ1n) is 9.13. The van der Waals surface area contributed by atoms with Crippen molar-refractivity contribution in [3.63, 3.8) is 0 Å². The standard InChI is InChI=1S/C20H20F3N5O/c1-27-11-15(14-5-3-4-6-16(14)20(21,22)23)18(12-27)28-8-7-17(26-28)13-9-24-19(29-2)25-10-13/h3-10,15,18H,11-12H2,1-2H3/t15-,18+/m1/s1. The molecule has 1 fully saturated rings. The molecule has 2 aromatic heterocycles. The fourth-order valence-electron chi connectivity index (χ4n) is 3.86. The Kier molecular flexibility index (Phi) is 4.99. The van der Waals surface area contributed by atoms with E-state index in [1.165, 1.54) is 13.2 Å². The van der Waals surface area contributed by atoms with E-state index in [9.17, 15) is 13.2 Å². The smallest absolute Gasteiger partial charge is 0.416 e. The number of rotatable bonds is 4. The van der Waals surface area contributed by atoms with Gasteiger partial charge in [-0.15, -0.1) is 0 Å². The number of aromatic nitrogens is 4. The van der Waals surface area contributed by atoms with Crippen LogP contribution >= 0.6 is 0 Å². The van der Waals surface area contributed by atoms with Crippen molar-refractivity contribution in [2.24, 2.45) is 0 Å². The normalized spacial score (nSPS) is 20.2. The molecule has 0 N–H and O–H groups in total. The maximum Gasteiger partial charge on any atom is 0.416 e. The number of hydrogen-bond donors (Lipinski definition) is 0. The Balaban J connectivity index is 1.67. The van der Waals surface area contributed by atoms with E-state index in [0.29, 0.717) is 29.9 Å². The first-order chi connectivity index (χ1) is 13.9. The van der Waals surface area contributed by atoms with E-state index in [4.69, 9.17) is 4.74 Å². The maximum absolute atomic E-state index is 13.6. The number of halogens is 3. The molecule has 3 aromatic rings. The molecule has 6 nitrogen and oxygen atoms in total. The minimum atomic E-state index is -4.39. The van der Waals surface area contributed by atoms with Gasteiger partial charge in [0.2, 0.25) is 0 Å². The Morgan fingerprint density at radius 1 is 1.07 bits per heavy atom. The van der Waals surface area contributed by atoms with Crippen molar-refractivity contribution >= 4 is 0 Å². The second kappa shape index (κ2) is 7.47. The molecular formula is C20H20F3N5O. The lowest BCUT2D eigenvalue weighted by molar-refractivity contribution is -0.138. The molecule has 152 valence electrons. The number of alkyl halides is 3. The lowest BCUT2D eigenvalue weighted by Crippen LogP contribution is -2.20. The van der Waals surface area contributed by atoms with Crippen LogP contribution in [0.4, 0.5) is 13.2 Å². The predicted octanol–water partition coefficient (Wildman–Crippen LogP) is 3.64. The lowest BCUT2D eigenvalue weighted by atomic mass is 9.90. The van der Waals surface area contributed by atoms with Crippen molar-refractivity contribution in [1.29, 1.82) is 0 Å². The van der Waals surface area contributed by atoms with Gasteiger partial charge in [0, 0.05) is 43.2 Å². The van der Waals surface area contributed by atoms with Gasteiger partial charge in [0.15, 0.2) is 0 Å². The first-order valence-corrected chi connectivity index (χ1v) is 9.13. The molecule has 0 spiro atoms. The third kappa shape index (κ3) is 3.82. The molecule has 0 unspecified atom stereocenters. The van der Waals surface area contributed by atoms with Gasteiger partial charge in [-0.05, 0) is 24.7 Å². The van der Waals surface area contributed by atoms with E-state index >= 15 is 0 Å². The van der Waals surface area contributed by atoms with Gasteiger partial charge in [-0.3, -0.25) is 4.68 Å². The van der Waals surface area contributed by atoms with Crippen LogP contribution in [0.5, 0.6) is 6.01 Å². The second-order valence-corrected chi connectivity index (χ2v) is 7.12. The monoisotopic (exact) mass is 403 g/mol. The SMILES string of the molecule is COc1ncc(-c2ccn([C@H]3CN(C)C[C@@H]3c3ccccc3C(F)(F)F)n2)cn1. The van der Waals surface area contributed by atoms with Gasteiger partial charge in [-0.25, -0.2) is 9.97 Å². The van der Waals surface area contributed by atoms with Crippen LogP contribution in [0.15, 0.2) is 48.9 Å². The average Bonchev–Trinajstić information content (AvgIpc) is 3.34. The number of likely N-dealkylation sites (N-methyl/N-ethyl adjacent to an activating group) is 1. The van der Waals surface area contributed by atoms with Crippen LogP contribution in [0, 0.1) is 0 Å². The van der Waals surface area contributed by atoms with Gasteiger partial charge in [-0.2, -0.15) is 18.3 Å². The topological polar surface area (TPSA) is 56.1 Å². The zero-order valence-electron chi connectivity index (χ0n) is 16.0. The van der Waals surface area contributed by atoms with Gasteiger partial charge in [0.25, 0.3) is 0 Å². The summed E-state index contributed by atoms with van der Waals surface area (Å²) >= 11 is 0. The fraction of sp³-hybridized carbons (Fsp3) is 0.350. The fourth-order valence-corrected chi connectivity index (χ4v) is 3.86. The van der Waals surface area contributed by atoms with Gasteiger partial charge in [0.1, 0.15) is 0 Å². The molecule has 0 amide bonds. The van der Waals surface area contributed by atoms with Crippen LogP contribution in [-0.4, -0.2) is 51.9 Å². The van der Waals surface area contributed by atoms with Crippen molar-refractivity contribution in [1.82, 2.24) is 24.6 Å². The minimum Gasteiger partial charge on any atom is -0.467 e. The highest BCUT2D eigenvalue weighted by Crippen LogP contribution is 2.42. The summed E-state index contributed by atoms with van der Waals surface area (Å²) in [6.45, 7) is 1.13. The summed E-state index contributed by atoms with van der Waals surface area (Å²) in [5.74, 6) is -0.322. The largest absolute Gasteiger partial charge is 0.467 e. The van der Waals surface area contributed by atoms with E-state index < -0.39 is 11.7 Å². The Labute approximate surface area is 166 Å². The van der Waals surface area contributed by atoms with E-state index in [2.05, 4.69) is 15.1 Å². The summed E-state index contributed by atoms with van der Waals surface area (Å²) in [6, 6.07) is 7.66. The summed E-state index contributed by atoms with van der Waals surface area (Å²) in [5, 5.41) is 4.61. The summed E-state index contributed by atoms with van der Waals surface area (Å²) in [7, 11) is 3.39. The van der Waals surface area contributed by atoms with Crippen molar-refractivity contribution < 1.29 is 17.9 Å². The second-order valence-electron chi connectivity index (χ2n) is 7.12. The number of benzene rings is 1. The Hall–Kier alpha value is -2.94. The highest BCUT2D eigenvalue weighted by molar-refractivity contribution is 5.56. The molecule has 0 saturated carbocycles. The minimum absolute atomic E-state index is 0.212. The number of hydrogen-bond acceptors (Lipinski definition) is 5. The summed E-state index contributed by atoms with van der Waals surface area (Å²) in [5.41, 5.74) is 1.09. The quantitative estimate of drug-likeness (QED) is 0.666. The van der Waals surface area contributed by atoms with Crippen molar-refractivity contribution in [3.8, 4) is 17.3 Å². The van der Waals surface area contributed by atoms with Gasteiger partial charge < -0.3 is 9.64 Å². The predicted molar refractivity (Wildman–Crippen MR) is 101 cm³/mol. The van der Waals surface area contributed by atoms with Crippen LogP contribution in [0.3, 0.4) is 0 Å². The molecule has 1 saturated heterocycles. The Morgan fingerprint density at radius 2 is 1.79 bits per heavy atom. The third-order valence-electron chi connectivity index (χ3n) is 5.19. The molecule has 1 aliphatic rings. The van der Waals surface area contributed by atoms with Crippen molar-refractivity contribution in [2.45, 2.75) is 18.1 Å². The molecule has 0 radical (unpaired) electrons. The van der Waals surface area contributed by atoms with Crippen molar-refractivity contribution in [3.05, 3.63) is 60.0 Å². The van der Waals surface area contributed by atoms with Crippen LogP contribution < -0.4 is 4.74 Å². The molecule has 4 rings (SSSR count). The Bertz CT molecular complexity index is 986. The van der Waals surface area contributed by atoms with Crippen LogP contribution in [0.1, 0.15) is 23.1 Å². The van der Waals surface area contributed by atoms with Crippen molar-refractivity contribution in [2.75, 3.05) is 27.2 Å². The molecule has 9 heteroatoms. The number of nitrogens with zero attached hydrogens (tertiary/aromatic N) is 5. The number of methoxy groups -OCH3 is 1. The van der Waals surface area contributed by atoms with Crippen LogP contribution in [0.2, 0.25) is 0 Å². The summed E-state index contributed by atoms with van der Waals surface area (Å²) < 4.78 is 47.4. The van der Waals surface area contributed by atoms with E-state index in [0.717, 1.165) is 6.07 Å². The molecule has 0 aliphatic carbocycles. The molecular weight excluding hydrogens is 383 g/mol. The van der Waals surface area contributed by atoms with E-state index in [-0.39, 0.29) is 18.0 Å². The molecule has 0 bridgehead atoms. The highest BCUT2D eigenvalue weighted by atomic mass is 19.4. The average molecular weight is 403 g/mol. The molecule has 2 atom stereocenters. The maximum atomic E-state index is 13.6. The zero-order valence-corrected chi connectivity index (χ0v) is 16.0. The molecule has 3 heterocycles. The third-order valence-corrected chi connectivity index (χ3v) is 5.19. The highest BCUT2D eigenvalue weighted by Gasteiger charge is 2.40. The van der Waals surface area contributed by atoms with Gasteiger partial charge >= 0.3 is 12.2 Å². The van der Waals surface area contributed by atoms with E-state index in [1.54, 1.807) is 35.4 Å². The Morgan fingerprint density at radius 3 is 2.48 bits per heavy atom. The lowest BCUT2D eigenvalue weighted by Gasteiger charge is -2.23.